The van der Waals surface area contributed by atoms with Crippen LogP contribution in [-0.2, 0) is 11.3 Å². The van der Waals surface area contributed by atoms with E-state index in [9.17, 15) is 4.79 Å². The Labute approximate surface area is 142 Å². The smallest absolute Gasteiger partial charge is 0.247 e. The van der Waals surface area contributed by atoms with Crippen molar-refractivity contribution in [2.75, 3.05) is 0 Å². The maximum absolute atomic E-state index is 13.3. The molecule has 0 radical (unpaired) electrons. The van der Waals surface area contributed by atoms with Gasteiger partial charge >= 0.3 is 0 Å². The Morgan fingerprint density at radius 1 is 1.43 bits per heavy atom. The molecule has 1 aliphatic carbocycles. The second-order valence-corrected chi connectivity index (χ2v) is 7.08. The van der Waals surface area contributed by atoms with Gasteiger partial charge in [-0.25, -0.2) is 0 Å². The van der Waals surface area contributed by atoms with Gasteiger partial charge < -0.3 is 4.90 Å². The molecule has 2 aromatic heterocycles. The Balaban J connectivity index is 1.82. The largest absolute Gasteiger partial charge is 0.334 e. The molecule has 0 bridgehead atoms. The average Bonchev–Trinajstić information content (AvgIpc) is 3.28. The molecule has 23 heavy (non-hydrogen) atoms. The molecule has 1 saturated carbocycles. The van der Waals surface area contributed by atoms with Crippen LogP contribution in [0.1, 0.15) is 57.1 Å². The third-order valence-corrected chi connectivity index (χ3v) is 5.48. The van der Waals surface area contributed by atoms with Crippen LogP contribution in [0.5, 0.6) is 0 Å². The van der Waals surface area contributed by atoms with Crippen molar-refractivity contribution in [2.24, 2.45) is 0 Å². The van der Waals surface area contributed by atoms with Crippen LogP contribution >= 0.6 is 11.3 Å². The summed E-state index contributed by atoms with van der Waals surface area (Å²) in [6.07, 6.45) is 10.4. The van der Waals surface area contributed by atoms with Gasteiger partial charge in [-0.05, 0) is 47.7 Å². The highest BCUT2D eigenvalue weighted by molar-refractivity contribution is 7.07. The van der Waals surface area contributed by atoms with E-state index in [4.69, 9.17) is 0 Å². The Morgan fingerprint density at radius 2 is 2.26 bits per heavy atom. The van der Waals surface area contributed by atoms with E-state index in [1.807, 2.05) is 16.9 Å². The van der Waals surface area contributed by atoms with E-state index in [0.29, 0.717) is 6.04 Å². The van der Waals surface area contributed by atoms with Crippen molar-refractivity contribution < 1.29 is 4.79 Å². The molecule has 1 atom stereocenters. The van der Waals surface area contributed by atoms with Gasteiger partial charge in [-0.2, -0.15) is 16.4 Å². The lowest BCUT2D eigenvalue weighted by Gasteiger charge is -2.36. The summed E-state index contributed by atoms with van der Waals surface area (Å²) in [6, 6.07) is 4.20. The van der Waals surface area contributed by atoms with Crippen molar-refractivity contribution in [3.05, 3.63) is 40.8 Å². The van der Waals surface area contributed by atoms with Gasteiger partial charge in [0.25, 0.3) is 0 Å². The van der Waals surface area contributed by atoms with Gasteiger partial charge in [-0.3, -0.25) is 9.48 Å². The Bertz CT molecular complexity index is 588. The Morgan fingerprint density at radius 3 is 2.87 bits per heavy atom. The lowest BCUT2D eigenvalue weighted by molar-refractivity contribution is -0.139. The average molecular weight is 331 g/mol. The molecule has 2 heterocycles. The van der Waals surface area contributed by atoms with Gasteiger partial charge in [0.15, 0.2) is 0 Å². The highest BCUT2D eigenvalue weighted by atomic mass is 32.1. The van der Waals surface area contributed by atoms with Gasteiger partial charge in [0.1, 0.15) is 6.04 Å². The number of rotatable bonds is 6. The summed E-state index contributed by atoms with van der Waals surface area (Å²) >= 11 is 1.70. The summed E-state index contributed by atoms with van der Waals surface area (Å²) < 4.78 is 1.81. The molecule has 1 amide bonds. The molecule has 3 rings (SSSR count). The maximum atomic E-state index is 13.3. The third-order valence-electron chi connectivity index (χ3n) is 4.75. The van der Waals surface area contributed by atoms with Crippen molar-refractivity contribution in [2.45, 2.75) is 64.1 Å². The van der Waals surface area contributed by atoms with Crippen LogP contribution < -0.4 is 0 Å². The van der Waals surface area contributed by atoms with E-state index in [2.05, 4.69) is 33.7 Å². The molecule has 1 unspecified atom stereocenters. The van der Waals surface area contributed by atoms with E-state index < -0.39 is 0 Å². The first-order valence-electron chi connectivity index (χ1n) is 8.60. The fraction of sp³-hybridized carbons (Fsp3) is 0.556. The third kappa shape index (κ3) is 3.83. The fourth-order valence-electron chi connectivity index (χ4n) is 3.49. The predicted octanol–water partition coefficient (Wildman–Crippen LogP) is 4.26. The minimum atomic E-state index is -0.189. The second-order valence-electron chi connectivity index (χ2n) is 6.30. The molecule has 2 aromatic rings. The van der Waals surface area contributed by atoms with E-state index >= 15 is 0 Å². The van der Waals surface area contributed by atoms with Crippen LogP contribution in [-0.4, -0.2) is 26.6 Å². The molecule has 0 spiro atoms. The quantitative estimate of drug-likeness (QED) is 0.793. The summed E-state index contributed by atoms with van der Waals surface area (Å²) in [4.78, 5) is 15.4. The van der Waals surface area contributed by atoms with Gasteiger partial charge in [-0.1, -0.05) is 26.2 Å². The zero-order chi connectivity index (χ0) is 16.1. The van der Waals surface area contributed by atoms with Crippen LogP contribution in [0.15, 0.2) is 35.3 Å². The zero-order valence-electron chi connectivity index (χ0n) is 13.7. The molecular formula is C18H25N3OS. The minimum absolute atomic E-state index is 0.189. The highest BCUT2D eigenvalue weighted by Gasteiger charge is 2.31. The highest BCUT2D eigenvalue weighted by Crippen LogP contribution is 2.27. The number of nitrogens with zero attached hydrogens (tertiary/aromatic N) is 3. The summed E-state index contributed by atoms with van der Waals surface area (Å²) in [5, 5.41) is 8.54. The molecule has 4 nitrogen and oxygen atoms in total. The van der Waals surface area contributed by atoms with Crippen LogP contribution in [0.3, 0.4) is 0 Å². The monoisotopic (exact) mass is 331 g/mol. The van der Waals surface area contributed by atoms with E-state index in [1.165, 1.54) is 24.8 Å². The van der Waals surface area contributed by atoms with Crippen LogP contribution in [0.25, 0.3) is 0 Å². The number of hydrogen-bond acceptors (Lipinski definition) is 3. The number of hydrogen-bond donors (Lipinski definition) is 0. The second kappa shape index (κ2) is 7.77. The number of carbonyl (C=O) groups is 1. The molecule has 0 aliphatic heterocycles. The zero-order valence-corrected chi connectivity index (χ0v) is 14.5. The molecule has 124 valence electrons. The molecule has 0 saturated heterocycles. The standard InChI is InChI=1S/C18H25N3OS/c1-2-17(21-11-6-10-19-21)18(22)20(13-15-9-12-23-14-15)16-7-4-3-5-8-16/h6,9-12,14,16-17H,2-5,7-8,13H2,1H3. The summed E-state index contributed by atoms with van der Waals surface area (Å²) in [5.41, 5.74) is 1.24. The molecule has 1 aliphatic rings. The topological polar surface area (TPSA) is 38.1 Å². The van der Waals surface area contributed by atoms with E-state index in [0.717, 1.165) is 25.8 Å². The van der Waals surface area contributed by atoms with Crippen LogP contribution in [0, 0.1) is 0 Å². The van der Waals surface area contributed by atoms with Gasteiger partial charge in [0.2, 0.25) is 5.91 Å². The van der Waals surface area contributed by atoms with Crippen molar-refractivity contribution in [3.63, 3.8) is 0 Å². The first-order valence-corrected chi connectivity index (χ1v) is 9.54. The summed E-state index contributed by atoms with van der Waals surface area (Å²) in [7, 11) is 0. The summed E-state index contributed by atoms with van der Waals surface area (Å²) in [5.74, 6) is 0.217. The lowest BCUT2D eigenvalue weighted by Crippen LogP contribution is -2.44. The van der Waals surface area contributed by atoms with E-state index in [1.54, 1.807) is 17.5 Å². The number of amides is 1. The molecule has 0 aromatic carbocycles. The fourth-order valence-corrected chi connectivity index (χ4v) is 4.15. The van der Waals surface area contributed by atoms with Gasteiger partial charge in [0.05, 0.1) is 0 Å². The Kier molecular flexibility index (Phi) is 5.49. The summed E-state index contributed by atoms with van der Waals surface area (Å²) in [6.45, 7) is 2.79. The maximum Gasteiger partial charge on any atom is 0.247 e. The SMILES string of the molecule is CCC(C(=O)N(Cc1ccsc1)C1CCCCC1)n1cccn1. The lowest BCUT2D eigenvalue weighted by atomic mass is 9.93. The van der Waals surface area contributed by atoms with Crippen LogP contribution in [0.2, 0.25) is 0 Å². The Hall–Kier alpha value is -1.62. The predicted molar refractivity (Wildman–Crippen MR) is 93.3 cm³/mol. The number of carbonyl (C=O) groups excluding carboxylic acids is 1. The molecule has 0 N–H and O–H groups in total. The molecule has 5 heteroatoms. The van der Waals surface area contributed by atoms with Crippen molar-refractivity contribution in [3.8, 4) is 0 Å². The number of thiophene rings is 1. The first-order chi connectivity index (χ1) is 11.3. The normalized spacial score (nSPS) is 17.1. The van der Waals surface area contributed by atoms with Crippen molar-refractivity contribution in [1.82, 2.24) is 14.7 Å². The van der Waals surface area contributed by atoms with Gasteiger partial charge in [0, 0.05) is 25.0 Å². The minimum Gasteiger partial charge on any atom is -0.334 e. The first kappa shape index (κ1) is 16.2. The van der Waals surface area contributed by atoms with Crippen molar-refractivity contribution >= 4 is 17.2 Å². The van der Waals surface area contributed by atoms with E-state index in [-0.39, 0.29) is 11.9 Å². The van der Waals surface area contributed by atoms with Gasteiger partial charge in [-0.15, -0.1) is 0 Å². The molecule has 1 fully saturated rings. The number of aromatic nitrogens is 2. The van der Waals surface area contributed by atoms with Crippen LogP contribution in [0.4, 0.5) is 0 Å². The molecular weight excluding hydrogens is 306 g/mol. The van der Waals surface area contributed by atoms with Crippen molar-refractivity contribution in [1.29, 1.82) is 0 Å².